The maximum atomic E-state index is 8.80. The molecule has 1 aromatic heterocycles. The first-order valence-electron chi connectivity index (χ1n) is 6.90. The van der Waals surface area contributed by atoms with Gasteiger partial charge in [-0.05, 0) is 44.5 Å². The molecule has 0 amide bonds. The monoisotopic (exact) mass is 268 g/mol. The van der Waals surface area contributed by atoms with Crippen molar-refractivity contribution in [2.45, 2.75) is 39.9 Å². The molecule has 0 bridgehead atoms. The lowest BCUT2D eigenvalue weighted by Crippen LogP contribution is -2.20. The minimum absolute atomic E-state index is 0.239. The first-order valence-corrected chi connectivity index (χ1v) is 6.90. The van der Waals surface area contributed by atoms with Crippen molar-refractivity contribution < 1.29 is 0 Å². The van der Waals surface area contributed by atoms with Gasteiger partial charge in [-0.15, -0.1) is 0 Å². The Balaban J connectivity index is 2.00. The lowest BCUT2D eigenvalue weighted by atomic mass is 10.1. The van der Waals surface area contributed by atoms with Crippen LogP contribution in [0.2, 0.25) is 0 Å². The van der Waals surface area contributed by atoms with Crippen LogP contribution in [0.5, 0.6) is 0 Å². The van der Waals surface area contributed by atoms with Crippen LogP contribution in [0.3, 0.4) is 0 Å². The molecule has 4 heteroatoms. The zero-order valence-electron chi connectivity index (χ0n) is 12.2. The van der Waals surface area contributed by atoms with Crippen LogP contribution in [-0.2, 0) is 13.1 Å². The average molecular weight is 268 g/mol. The summed E-state index contributed by atoms with van der Waals surface area (Å²) in [6.45, 7) is 7.91. The van der Waals surface area contributed by atoms with Crippen LogP contribution in [0.4, 0.5) is 0 Å². The summed E-state index contributed by atoms with van der Waals surface area (Å²) in [6.07, 6.45) is 0. The Morgan fingerprint density at radius 2 is 2.05 bits per heavy atom. The number of rotatable bonds is 5. The summed E-state index contributed by atoms with van der Waals surface area (Å²) in [5, 5.41) is 16.7. The van der Waals surface area contributed by atoms with E-state index >= 15 is 0 Å². The van der Waals surface area contributed by atoms with Gasteiger partial charge in [-0.2, -0.15) is 10.4 Å². The highest BCUT2D eigenvalue weighted by molar-refractivity contribution is 5.32. The molecular formula is C16H20N4. The third-order valence-corrected chi connectivity index (χ3v) is 3.41. The lowest BCUT2D eigenvalue weighted by molar-refractivity contribution is 0.531. The van der Waals surface area contributed by atoms with Gasteiger partial charge in [0.2, 0.25) is 0 Å². The number of nitrogens with one attached hydrogen (secondary N) is 1. The maximum absolute atomic E-state index is 8.80. The van der Waals surface area contributed by atoms with Gasteiger partial charge >= 0.3 is 0 Å². The summed E-state index contributed by atoms with van der Waals surface area (Å²) in [6, 6.07) is 12.2. The van der Waals surface area contributed by atoms with E-state index in [0.29, 0.717) is 5.56 Å². The zero-order valence-corrected chi connectivity index (χ0v) is 12.2. The maximum Gasteiger partial charge on any atom is 0.0991 e. The molecule has 0 spiro atoms. The molecule has 1 unspecified atom stereocenters. The van der Waals surface area contributed by atoms with Crippen LogP contribution < -0.4 is 5.32 Å². The quantitative estimate of drug-likeness (QED) is 0.907. The molecule has 0 aliphatic rings. The van der Waals surface area contributed by atoms with Crippen molar-refractivity contribution in [3.8, 4) is 6.07 Å². The van der Waals surface area contributed by atoms with E-state index in [1.807, 2.05) is 35.9 Å². The number of aryl methyl sites for hydroxylation is 2. The standard InChI is InChI=1S/C16H20N4/c1-4-20-16(9-12(2)19-20)11-18-13(3)15-7-5-14(10-17)6-8-15/h5-9,13,18H,4,11H2,1-3H3. The number of benzene rings is 1. The summed E-state index contributed by atoms with van der Waals surface area (Å²) in [7, 11) is 0. The molecule has 1 atom stereocenters. The number of hydrogen-bond acceptors (Lipinski definition) is 3. The molecular weight excluding hydrogens is 248 g/mol. The molecule has 0 aliphatic heterocycles. The highest BCUT2D eigenvalue weighted by atomic mass is 15.3. The van der Waals surface area contributed by atoms with Crippen molar-refractivity contribution in [1.29, 1.82) is 5.26 Å². The molecule has 2 rings (SSSR count). The first-order chi connectivity index (χ1) is 9.63. The van der Waals surface area contributed by atoms with E-state index in [0.717, 1.165) is 18.8 Å². The molecule has 20 heavy (non-hydrogen) atoms. The fraction of sp³-hybridized carbons (Fsp3) is 0.375. The minimum atomic E-state index is 0.239. The molecule has 1 N–H and O–H groups in total. The molecule has 0 aliphatic carbocycles. The predicted molar refractivity (Wildman–Crippen MR) is 79.0 cm³/mol. The van der Waals surface area contributed by atoms with Gasteiger partial charge in [-0.3, -0.25) is 4.68 Å². The number of nitriles is 1. The van der Waals surface area contributed by atoms with Crippen molar-refractivity contribution in [2.75, 3.05) is 0 Å². The van der Waals surface area contributed by atoms with E-state index in [2.05, 4.69) is 36.4 Å². The van der Waals surface area contributed by atoms with Gasteiger partial charge in [0, 0.05) is 19.1 Å². The Morgan fingerprint density at radius 3 is 2.65 bits per heavy atom. The van der Waals surface area contributed by atoms with Crippen molar-refractivity contribution in [2.24, 2.45) is 0 Å². The van der Waals surface area contributed by atoms with Gasteiger partial charge in [0.25, 0.3) is 0 Å². The average Bonchev–Trinajstić information content (AvgIpc) is 2.85. The van der Waals surface area contributed by atoms with E-state index in [-0.39, 0.29) is 6.04 Å². The number of hydrogen-bond donors (Lipinski definition) is 1. The second-order valence-electron chi connectivity index (χ2n) is 4.93. The Morgan fingerprint density at radius 1 is 1.35 bits per heavy atom. The molecule has 0 saturated heterocycles. The second-order valence-corrected chi connectivity index (χ2v) is 4.93. The van der Waals surface area contributed by atoms with Crippen LogP contribution in [-0.4, -0.2) is 9.78 Å². The molecule has 1 aromatic carbocycles. The van der Waals surface area contributed by atoms with Crippen LogP contribution in [0.15, 0.2) is 30.3 Å². The summed E-state index contributed by atoms with van der Waals surface area (Å²) >= 11 is 0. The molecule has 4 nitrogen and oxygen atoms in total. The van der Waals surface area contributed by atoms with Crippen molar-refractivity contribution in [3.63, 3.8) is 0 Å². The van der Waals surface area contributed by atoms with Crippen LogP contribution in [0, 0.1) is 18.3 Å². The fourth-order valence-corrected chi connectivity index (χ4v) is 2.24. The van der Waals surface area contributed by atoms with Gasteiger partial charge in [0.05, 0.1) is 23.0 Å². The van der Waals surface area contributed by atoms with E-state index in [4.69, 9.17) is 5.26 Å². The highest BCUT2D eigenvalue weighted by Gasteiger charge is 2.08. The Hall–Kier alpha value is -2.12. The normalized spacial score (nSPS) is 12.1. The van der Waals surface area contributed by atoms with Gasteiger partial charge in [0.15, 0.2) is 0 Å². The van der Waals surface area contributed by atoms with Gasteiger partial charge < -0.3 is 5.32 Å². The van der Waals surface area contributed by atoms with Crippen LogP contribution in [0.1, 0.15) is 42.4 Å². The summed E-state index contributed by atoms with van der Waals surface area (Å²) in [5.74, 6) is 0. The van der Waals surface area contributed by atoms with E-state index in [1.165, 1.54) is 11.3 Å². The molecule has 104 valence electrons. The molecule has 0 radical (unpaired) electrons. The summed E-state index contributed by atoms with van der Waals surface area (Å²) in [4.78, 5) is 0. The molecule has 0 saturated carbocycles. The molecule has 1 heterocycles. The summed E-state index contributed by atoms with van der Waals surface area (Å²) in [5.41, 5.74) is 4.13. The van der Waals surface area contributed by atoms with E-state index < -0.39 is 0 Å². The summed E-state index contributed by atoms with van der Waals surface area (Å²) < 4.78 is 2.02. The Bertz CT molecular complexity index is 604. The third-order valence-electron chi connectivity index (χ3n) is 3.41. The molecule has 2 aromatic rings. The van der Waals surface area contributed by atoms with Crippen LogP contribution >= 0.6 is 0 Å². The smallest absolute Gasteiger partial charge is 0.0991 e. The lowest BCUT2D eigenvalue weighted by Gasteiger charge is -2.14. The van der Waals surface area contributed by atoms with Crippen LogP contribution in [0.25, 0.3) is 0 Å². The first kappa shape index (κ1) is 14.3. The van der Waals surface area contributed by atoms with Crippen molar-refractivity contribution in [1.82, 2.24) is 15.1 Å². The SMILES string of the molecule is CCn1nc(C)cc1CNC(C)c1ccc(C#N)cc1. The van der Waals surface area contributed by atoms with Gasteiger partial charge in [0.1, 0.15) is 0 Å². The van der Waals surface area contributed by atoms with Crippen molar-refractivity contribution in [3.05, 3.63) is 52.8 Å². The van der Waals surface area contributed by atoms with Crippen molar-refractivity contribution >= 4 is 0 Å². The van der Waals surface area contributed by atoms with E-state index in [1.54, 1.807) is 0 Å². The number of nitrogens with zero attached hydrogens (tertiary/aromatic N) is 3. The Labute approximate surface area is 120 Å². The van der Waals surface area contributed by atoms with Gasteiger partial charge in [-0.25, -0.2) is 0 Å². The topological polar surface area (TPSA) is 53.6 Å². The number of aromatic nitrogens is 2. The largest absolute Gasteiger partial charge is 0.305 e. The minimum Gasteiger partial charge on any atom is -0.305 e. The van der Waals surface area contributed by atoms with E-state index in [9.17, 15) is 0 Å². The zero-order chi connectivity index (χ0) is 14.5. The fourth-order valence-electron chi connectivity index (χ4n) is 2.24. The van der Waals surface area contributed by atoms with Gasteiger partial charge in [-0.1, -0.05) is 12.1 Å². The second kappa shape index (κ2) is 6.36. The molecule has 0 fully saturated rings. The predicted octanol–water partition coefficient (Wildman–Crippen LogP) is 2.93. The third kappa shape index (κ3) is 3.25. The highest BCUT2D eigenvalue weighted by Crippen LogP contribution is 2.14. The Kier molecular flexibility index (Phi) is 4.54.